The summed E-state index contributed by atoms with van der Waals surface area (Å²) in [5.41, 5.74) is 0.964. The van der Waals surface area contributed by atoms with E-state index in [1.165, 1.54) is 23.8 Å². The Bertz CT molecular complexity index is 1190. The number of fused-ring (bicyclic) bond motifs is 2. The van der Waals surface area contributed by atoms with Crippen LogP contribution in [0.2, 0.25) is 0 Å². The molecule has 0 spiro atoms. The molecule has 178 valence electrons. The van der Waals surface area contributed by atoms with Gasteiger partial charge in [-0.3, -0.25) is 14.9 Å². The minimum atomic E-state index is -0.769. The van der Waals surface area contributed by atoms with Crippen LogP contribution in [0, 0.1) is 26.4 Å². The molecule has 2 atom stereocenters. The zero-order valence-corrected chi connectivity index (χ0v) is 19.9. The highest BCUT2D eigenvalue weighted by molar-refractivity contribution is 6.06. The summed E-state index contributed by atoms with van der Waals surface area (Å²) in [4.78, 5) is 41.7. The average molecular weight is 464 g/mol. The third-order valence-electron chi connectivity index (χ3n) is 8.32. The van der Waals surface area contributed by atoms with E-state index in [4.69, 9.17) is 4.84 Å². The van der Waals surface area contributed by atoms with E-state index < -0.39 is 27.1 Å². The molecule has 4 rings (SSSR count). The molecule has 0 radical (unpaired) electrons. The van der Waals surface area contributed by atoms with Crippen molar-refractivity contribution in [3.63, 3.8) is 0 Å². The molecule has 1 amide bonds. The molecule has 0 aromatic heterocycles. The van der Waals surface area contributed by atoms with E-state index in [-0.39, 0.29) is 17.2 Å². The first kappa shape index (κ1) is 23.6. The molecule has 2 aromatic rings. The van der Waals surface area contributed by atoms with Crippen molar-refractivity contribution in [2.24, 2.45) is 21.4 Å². The second-order valence-electron chi connectivity index (χ2n) is 9.94. The summed E-state index contributed by atoms with van der Waals surface area (Å²) in [5, 5.41) is 18.3. The van der Waals surface area contributed by atoms with Gasteiger partial charge in [-0.1, -0.05) is 51.0 Å². The molecule has 8 nitrogen and oxygen atoms in total. The van der Waals surface area contributed by atoms with Gasteiger partial charge in [0.15, 0.2) is 0 Å². The van der Waals surface area contributed by atoms with E-state index in [2.05, 4.69) is 38.2 Å². The molecule has 0 heterocycles. The second-order valence-corrected chi connectivity index (χ2v) is 9.94. The Morgan fingerprint density at radius 2 is 1.82 bits per heavy atom. The standard InChI is InChI=1S/C26H29N3O5/c1-5-17-9-11-19(12-10-17)27-23(31)26-14-13-25(4,24(26,2)3)21(16-26)28-34-22(30)18-7-6-8-20(15-18)29(32)33/h6-12,15H,5,13-14,16H2,1-4H3,(H,27,31). The minimum Gasteiger partial charge on any atom is -0.326 e. The van der Waals surface area contributed by atoms with Crippen LogP contribution >= 0.6 is 0 Å². The van der Waals surface area contributed by atoms with Crippen molar-refractivity contribution < 1.29 is 19.3 Å². The summed E-state index contributed by atoms with van der Waals surface area (Å²) < 4.78 is 0. The SMILES string of the molecule is CCc1ccc(NC(=O)C23CCC(C)(C(=NOC(=O)c4cccc([N+](=O)[O-])c4)C2)C3(C)C)cc1. The topological polar surface area (TPSA) is 111 Å². The molecule has 2 aliphatic rings. The van der Waals surface area contributed by atoms with Crippen molar-refractivity contribution in [1.82, 2.24) is 0 Å². The monoisotopic (exact) mass is 463 g/mol. The largest absolute Gasteiger partial charge is 0.365 e. The van der Waals surface area contributed by atoms with Crippen LogP contribution in [0.4, 0.5) is 11.4 Å². The zero-order chi connectivity index (χ0) is 24.7. The van der Waals surface area contributed by atoms with Gasteiger partial charge in [0, 0.05) is 29.7 Å². The molecule has 2 aromatic carbocycles. The van der Waals surface area contributed by atoms with Gasteiger partial charge in [-0.25, -0.2) is 4.79 Å². The van der Waals surface area contributed by atoms with Crippen LogP contribution in [0.15, 0.2) is 53.7 Å². The highest BCUT2D eigenvalue weighted by Crippen LogP contribution is 2.71. The van der Waals surface area contributed by atoms with Gasteiger partial charge < -0.3 is 10.2 Å². The van der Waals surface area contributed by atoms with Crippen LogP contribution < -0.4 is 5.32 Å². The highest BCUT2D eigenvalue weighted by atomic mass is 16.7. The number of carbonyl (C=O) groups excluding carboxylic acids is 2. The molecule has 2 fully saturated rings. The first-order valence-corrected chi connectivity index (χ1v) is 11.5. The fraction of sp³-hybridized carbons (Fsp3) is 0.423. The lowest BCUT2D eigenvalue weighted by atomic mass is 9.64. The molecule has 34 heavy (non-hydrogen) atoms. The van der Waals surface area contributed by atoms with E-state index in [9.17, 15) is 19.7 Å². The summed E-state index contributed by atoms with van der Waals surface area (Å²) in [5.74, 6) is -0.824. The number of aryl methyl sites for hydroxylation is 1. The quantitative estimate of drug-likeness (QED) is 0.344. The lowest BCUT2D eigenvalue weighted by Crippen LogP contribution is -2.43. The van der Waals surface area contributed by atoms with E-state index in [0.29, 0.717) is 18.6 Å². The normalized spacial score (nSPS) is 25.8. The number of carbonyl (C=O) groups is 2. The average Bonchev–Trinajstić information content (AvgIpc) is 3.13. The summed E-state index contributed by atoms with van der Waals surface area (Å²) >= 11 is 0. The Labute approximate surface area is 198 Å². The van der Waals surface area contributed by atoms with Gasteiger partial charge in [0.05, 0.1) is 21.6 Å². The van der Waals surface area contributed by atoms with Crippen molar-refractivity contribution in [1.29, 1.82) is 0 Å². The Morgan fingerprint density at radius 3 is 2.47 bits per heavy atom. The van der Waals surface area contributed by atoms with Crippen LogP contribution in [-0.2, 0) is 16.1 Å². The molecule has 8 heteroatoms. The van der Waals surface area contributed by atoms with Gasteiger partial charge in [0.2, 0.25) is 5.91 Å². The van der Waals surface area contributed by atoms with Crippen molar-refractivity contribution >= 4 is 29.0 Å². The van der Waals surface area contributed by atoms with Gasteiger partial charge in [0.25, 0.3) is 5.69 Å². The lowest BCUT2D eigenvalue weighted by Gasteiger charge is -2.39. The maximum absolute atomic E-state index is 13.6. The third-order valence-corrected chi connectivity index (χ3v) is 8.32. The number of non-ortho nitro benzene ring substituents is 1. The van der Waals surface area contributed by atoms with Crippen LogP contribution in [0.1, 0.15) is 62.9 Å². The van der Waals surface area contributed by atoms with E-state index in [1.807, 2.05) is 24.3 Å². The number of hydrogen-bond donors (Lipinski definition) is 1. The summed E-state index contributed by atoms with van der Waals surface area (Å²) in [6.45, 7) is 8.29. The molecular formula is C26H29N3O5. The highest BCUT2D eigenvalue weighted by Gasteiger charge is 2.71. The summed E-state index contributed by atoms with van der Waals surface area (Å²) in [6, 6.07) is 13.2. The summed E-state index contributed by atoms with van der Waals surface area (Å²) in [7, 11) is 0. The Balaban J connectivity index is 1.56. The molecule has 2 aliphatic carbocycles. The summed E-state index contributed by atoms with van der Waals surface area (Å²) in [6.07, 6.45) is 2.78. The molecule has 2 saturated carbocycles. The van der Waals surface area contributed by atoms with Gasteiger partial charge in [-0.2, -0.15) is 0 Å². The molecule has 2 unspecified atom stereocenters. The number of benzene rings is 2. The van der Waals surface area contributed by atoms with E-state index >= 15 is 0 Å². The number of rotatable bonds is 6. The second kappa shape index (κ2) is 8.34. The lowest BCUT2D eigenvalue weighted by molar-refractivity contribution is -0.384. The van der Waals surface area contributed by atoms with Crippen LogP contribution in [0.3, 0.4) is 0 Å². The van der Waals surface area contributed by atoms with Gasteiger partial charge in [-0.05, 0) is 48.4 Å². The molecule has 1 N–H and O–H groups in total. The smallest absolute Gasteiger partial charge is 0.326 e. The molecule has 0 aliphatic heterocycles. The van der Waals surface area contributed by atoms with Crippen LogP contribution in [-0.4, -0.2) is 22.5 Å². The van der Waals surface area contributed by atoms with Crippen LogP contribution in [0.5, 0.6) is 0 Å². The predicted molar refractivity (Wildman–Crippen MR) is 129 cm³/mol. The van der Waals surface area contributed by atoms with Gasteiger partial charge in [-0.15, -0.1) is 0 Å². The molecular weight excluding hydrogens is 434 g/mol. The number of amides is 1. The Kier molecular flexibility index (Phi) is 5.79. The molecule has 2 bridgehead atoms. The van der Waals surface area contributed by atoms with Crippen molar-refractivity contribution in [2.45, 2.75) is 53.4 Å². The van der Waals surface area contributed by atoms with E-state index in [1.54, 1.807) is 0 Å². The number of nitro benzene ring substituents is 1. The van der Waals surface area contributed by atoms with Crippen molar-refractivity contribution in [3.05, 3.63) is 69.8 Å². The fourth-order valence-electron chi connectivity index (χ4n) is 5.49. The molecule has 0 saturated heterocycles. The number of oxime groups is 1. The zero-order valence-electron chi connectivity index (χ0n) is 19.9. The van der Waals surface area contributed by atoms with Crippen molar-refractivity contribution in [3.8, 4) is 0 Å². The van der Waals surface area contributed by atoms with Crippen LogP contribution in [0.25, 0.3) is 0 Å². The number of anilines is 1. The van der Waals surface area contributed by atoms with Gasteiger partial charge >= 0.3 is 5.97 Å². The third kappa shape index (κ3) is 3.57. The minimum absolute atomic E-state index is 0.0501. The Morgan fingerprint density at radius 1 is 1.12 bits per heavy atom. The first-order chi connectivity index (χ1) is 16.0. The number of nitrogens with one attached hydrogen (secondary N) is 1. The van der Waals surface area contributed by atoms with E-state index in [0.717, 1.165) is 24.6 Å². The Hall–Kier alpha value is -3.55. The van der Waals surface area contributed by atoms with Gasteiger partial charge in [0.1, 0.15) is 0 Å². The maximum Gasteiger partial charge on any atom is 0.365 e. The fourth-order valence-corrected chi connectivity index (χ4v) is 5.49. The predicted octanol–water partition coefficient (Wildman–Crippen LogP) is 5.53. The maximum atomic E-state index is 13.6. The number of hydrogen-bond acceptors (Lipinski definition) is 6. The van der Waals surface area contributed by atoms with Crippen molar-refractivity contribution in [2.75, 3.05) is 5.32 Å². The number of nitrogens with zero attached hydrogens (tertiary/aromatic N) is 2. The first-order valence-electron chi connectivity index (χ1n) is 11.5. The number of nitro groups is 1.